The first kappa shape index (κ1) is 19.2. The molecule has 1 amide bonds. The van der Waals surface area contributed by atoms with Crippen LogP contribution in [-0.2, 0) is 6.54 Å². The number of hydrogen-bond donors (Lipinski definition) is 1. The first-order valence-corrected chi connectivity index (χ1v) is 9.97. The maximum absolute atomic E-state index is 12.3. The summed E-state index contributed by atoms with van der Waals surface area (Å²) in [5.41, 5.74) is 4.25. The van der Waals surface area contributed by atoms with Crippen LogP contribution in [-0.4, -0.2) is 24.0 Å². The molecule has 142 valence electrons. The third-order valence-corrected chi connectivity index (χ3v) is 5.06. The van der Waals surface area contributed by atoms with Crippen molar-refractivity contribution in [2.75, 3.05) is 18.0 Å². The Kier molecular flexibility index (Phi) is 7.03. The summed E-state index contributed by atoms with van der Waals surface area (Å²) in [6.45, 7) is 4.53. The van der Waals surface area contributed by atoms with Gasteiger partial charge in [0, 0.05) is 19.6 Å². The molecule has 0 saturated carbocycles. The maximum atomic E-state index is 12.3. The number of anilines is 1. The molecular formula is C23H29N3O. The van der Waals surface area contributed by atoms with E-state index in [1.54, 1.807) is 6.20 Å². The van der Waals surface area contributed by atoms with Crippen LogP contribution in [0.3, 0.4) is 0 Å². The number of aromatic nitrogens is 1. The summed E-state index contributed by atoms with van der Waals surface area (Å²) in [5, 5.41) is 2.99. The minimum atomic E-state index is -0.0935. The Bertz CT molecular complexity index is 753. The van der Waals surface area contributed by atoms with Crippen molar-refractivity contribution < 1.29 is 4.79 Å². The molecule has 0 spiro atoms. The second-order valence-electron chi connectivity index (χ2n) is 7.02. The molecule has 0 radical (unpaired) electrons. The summed E-state index contributed by atoms with van der Waals surface area (Å²) in [6, 6.07) is 14.2. The molecule has 4 nitrogen and oxygen atoms in total. The monoisotopic (exact) mass is 363 g/mol. The van der Waals surface area contributed by atoms with Gasteiger partial charge in [-0.15, -0.1) is 0 Å². The molecule has 0 fully saturated rings. The van der Waals surface area contributed by atoms with Gasteiger partial charge in [-0.25, -0.2) is 4.98 Å². The van der Waals surface area contributed by atoms with Crippen LogP contribution in [0.15, 0.2) is 60.3 Å². The fraction of sp³-hybridized carbons (Fsp3) is 0.391. The summed E-state index contributed by atoms with van der Waals surface area (Å²) in [5.74, 6) is -0.0935. The van der Waals surface area contributed by atoms with Gasteiger partial charge in [0.1, 0.15) is 5.69 Å². The molecule has 1 aromatic heterocycles. The van der Waals surface area contributed by atoms with Crippen molar-refractivity contribution in [3.8, 4) is 0 Å². The smallest absolute Gasteiger partial charge is 0.269 e. The van der Waals surface area contributed by atoms with E-state index in [0.717, 1.165) is 25.2 Å². The molecule has 0 saturated heterocycles. The van der Waals surface area contributed by atoms with Crippen molar-refractivity contribution in [1.29, 1.82) is 0 Å². The number of rotatable bonds is 8. The van der Waals surface area contributed by atoms with E-state index in [2.05, 4.69) is 52.5 Å². The zero-order chi connectivity index (χ0) is 18.9. The van der Waals surface area contributed by atoms with Crippen molar-refractivity contribution in [2.45, 2.75) is 45.6 Å². The van der Waals surface area contributed by atoms with Crippen molar-refractivity contribution in [3.05, 3.63) is 71.6 Å². The molecular weight excluding hydrogens is 334 g/mol. The second kappa shape index (κ2) is 9.91. The Hall–Kier alpha value is -2.62. The zero-order valence-corrected chi connectivity index (χ0v) is 16.2. The highest BCUT2D eigenvalue weighted by Gasteiger charge is 2.10. The zero-order valence-electron chi connectivity index (χ0n) is 16.2. The summed E-state index contributed by atoms with van der Waals surface area (Å²) in [6.07, 6.45) is 10.0. The van der Waals surface area contributed by atoms with E-state index < -0.39 is 0 Å². The summed E-state index contributed by atoms with van der Waals surface area (Å²) >= 11 is 0. The number of hydrogen-bond acceptors (Lipinski definition) is 3. The average molecular weight is 364 g/mol. The summed E-state index contributed by atoms with van der Waals surface area (Å²) in [7, 11) is 0. The molecule has 0 bridgehead atoms. The first-order chi connectivity index (χ1) is 13.3. The number of allylic oxidation sites excluding steroid dienone is 1. The second-order valence-corrected chi connectivity index (χ2v) is 7.02. The Morgan fingerprint density at radius 1 is 1.15 bits per heavy atom. The number of pyridine rings is 1. The lowest BCUT2D eigenvalue weighted by atomic mass is 9.97. The van der Waals surface area contributed by atoms with Crippen molar-refractivity contribution in [1.82, 2.24) is 10.3 Å². The molecule has 0 aliphatic heterocycles. The molecule has 1 aliphatic rings. The van der Waals surface area contributed by atoms with Crippen molar-refractivity contribution in [3.63, 3.8) is 0 Å². The number of nitrogens with one attached hydrogen (secondary N) is 1. The van der Waals surface area contributed by atoms with Gasteiger partial charge in [-0.2, -0.15) is 0 Å². The average Bonchev–Trinajstić information content (AvgIpc) is 2.73. The van der Waals surface area contributed by atoms with Crippen LogP contribution < -0.4 is 10.2 Å². The van der Waals surface area contributed by atoms with Crippen LogP contribution in [0.2, 0.25) is 0 Å². The van der Waals surface area contributed by atoms with Gasteiger partial charge in [0.2, 0.25) is 0 Å². The van der Waals surface area contributed by atoms with Crippen LogP contribution in [0, 0.1) is 0 Å². The number of carbonyl (C=O) groups excluding carboxylic acids is 1. The van der Waals surface area contributed by atoms with Gasteiger partial charge in [0.05, 0.1) is 11.9 Å². The predicted molar refractivity (Wildman–Crippen MR) is 111 cm³/mol. The van der Waals surface area contributed by atoms with E-state index >= 15 is 0 Å². The van der Waals surface area contributed by atoms with Crippen molar-refractivity contribution >= 4 is 11.6 Å². The largest absolute Gasteiger partial charge is 0.366 e. The minimum absolute atomic E-state index is 0.0935. The lowest BCUT2D eigenvalue weighted by molar-refractivity contribution is 0.0949. The van der Waals surface area contributed by atoms with E-state index in [1.165, 1.54) is 36.8 Å². The van der Waals surface area contributed by atoms with E-state index in [-0.39, 0.29) is 5.91 Å². The Balaban J connectivity index is 1.53. The molecule has 0 unspecified atom stereocenters. The molecule has 1 heterocycles. The Morgan fingerprint density at radius 2 is 2.00 bits per heavy atom. The normalized spacial score (nSPS) is 13.7. The molecule has 1 N–H and O–H groups in total. The highest BCUT2D eigenvalue weighted by Crippen LogP contribution is 2.19. The Labute approximate surface area is 162 Å². The third-order valence-electron chi connectivity index (χ3n) is 5.06. The summed E-state index contributed by atoms with van der Waals surface area (Å²) < 4.78 is 0. The SMILES string of the molecule is CCN(Cc1ccccc1)c1ccc(C(=O)NCCC2=CCCCC2)nc1. The molecule has 3 rings (SSSR count). The van der Waals surface area contributed by atoms with E-state index in [4.69, 9.17) is 0 Å². The third kappa shape index (κ3) is 5.68. The van der Waals surface area contributed by atoms with Gasteiger partial charge in [0.25, 0.3) is 5.91 Å². The molecule has 27 heavy (non-hydrogen) atoms. The molecule has 1 aromatic carbocycles. The highest BCUT2D eigenvalue weighted by molar-refractivity contribution is 5.92. The quantitative estimate of drug-likeness (QED) is 0.690. The van der Waals surface area contributed by atoms with Gasteiger partial charge in [-0.05, 0) is 56.7 Å². The van der Waals surface area contributed by atoms with E-state index in [9.17, 15) is 4.79 Å². The van der Waals surface area contributed by atoms with Gasteiger partial charge in [0.15, 0.2) is 0 Å². The first-order valence-electron chi connectivity index (χ1n) is 9.97. The standard InChI is InChI=1S/C23H29N3O/c1-2-26(18-20-11-7-4-8-12-20)21-13-14-22(25-17-21)23(27)24-16-15-19-9-5-3-6-10-19/h4,7-9,11-14,17H,2-3,5-6,10,15-16,18H2,1H3,(H,24,27). The van der Waals surface area contributed by atoms with Gasteiger partial charge < -0.3 is 10.2 Å². The van der Waals surface area contributed by atoms with Gasteiger partial charge in [-0.1, -0.05) is 42.0 Å². The minimum Gasteiger partial charge on any atom is -0.366 e. The van der Waals surface area contributed by atoms with Crippen LogP contribution in [0.5, 0.6) is 0 Å². The number of carbonyl (C=O) groups is 1. The lowest BCUT2D eigenvalue weighted by Crippen LogP contribution is -2.26. The molecule has 1 aliphatic carbocycles. The van der Waals surface area contributed by atoms with Crippen LogP contribution in [0.4, 0.5) is 5.69 Å². The van der Waals surface area contributed by atoms with Crippen LogP contribution in [0.25, 0.3) is 0 Å². The number of nitrogens with zero attached hydrogens (tertiary/aromatic N) is 2. The molecule has 0 atom stereocenters. The number of benzene rings is 1. The van der Waals surface area contributed by atoms with E-state index in [0.29, 0.717) is 12.2 Å². The molecule has 4 heteroatoms. The summed E-state index contributed by atoms with van der Waals surface area (Å²) in [4.78, 5) is 19.0. The van der Waals surface area contributed by atoms with Crippen molar-refractivity contribution in [2.24, 2.45) is 0 Å². The van der Waals surface area contributed by atoms with E-state index in [1.807, 2.05) is 18.2 Å². The topological polar surface area (TPSA) is 45.2 Å². The maximum Gasteiger partial charge on any atom is 0.269 e. The van der Waals surface area contributed by atoms with Crippen LogP contribution >= 0.6 is 0 Å². The number of amides is 1. The lowest BCUT2D eigenvalue weighted by Gasteiger charge is -2.23. The van der Waals surface area contributed by atoms with Gasteiger partial charge in [-0.3, -0.25) is 4.79 Å². The highest BCUT2D eigenvalue weighted by atomic mass is 16.1. The fourth-order valence-corrected chi connectivity index (χ4v) is 3.46. The predicted octanol–water partition coefficient (Wildman–Crippen LogP) is 4.73. The molecule has 2 aromatic rings. The Morgan fingerprint density at radius 3 is 2.67 bits per heavy atom. The van der Waals surface area contributed by atoms with Gasteiger partial charge >= 0.3 is 0 Å². The van der Waals surface area contributed by atoms with Crippen LogP contribution in [0.1, 0.15) is 55.1 Å². The fourth-order valence-electron chi connectivity index (χ4n) is 3.46.